The van der Waals surface area contributed by atoms with Crippen LogP contribution in [0.4, 0.5) is 10.3 Å². The van der Waals surface area contributed by atoms with Gasteiger partial charge in [-0.3, -0.25) is 9.97 Å². The van der Waals surface area contributed by atoms with E-state index in [4.69, 9.17) is 12.6 Å². The number of H-pyrrole nitrogens is 1. The molecule has 0 saturated carbocycles. The van der Waals surface area contributed by atoms with E-state index in [9.17, 15) is 14.3 Å². The summed E-state index contributed by atoms with van der Waals surface area (Å²) in [7, 11) is 0. The fourth-order valence-electron chi connectivity index (χ4n) is 3.71. The van der Waals surface area contributed by atoms with Crippen molar-refractivity contribution in [1.82, 2.24) is 24.7 Å². The fourth-order valence-corrected chi connectivity index (χ4v) is 3.71. The van der Waals surface area contributed by atoms with Crippen molar-refractivity contribution in [3.63, 3.8) is 0 Å². The number of aromatic nitrogens is 6. The molecule has 9 nitrogen and oxygen atoms in total. The summed E-state index contributed by atoms with van der Waals surface area (Å²) in [6.45, 7) is 1.21. The molecule has 170 valence electrons. The van der Waals surface area contributed by atoms with Crippen LogP contribution in [0.1, 0.15) is 23.9 Å². The number of aryl methyl sites for hydroxylation is 1. The molecule has 5 aromatic rings. The number of nitrogens with one attached hydrogen (secondary N) is 1. The minimum Gasteiger partial charge on any atom is -0.390 e. The molecule has 0 aliphatic heterocycles. The first kappa shape index (κ1) is 16.2. The smallest absolute Gasteiger partial charge is 0.390 e. The number of anilines is 1. The molecule has 0 aliphatic carbocycles. The van der Waals surface area contributed by atoms with Crippen molar-refractivity contribution in [2.75, 3.05) is 5.73 Å². The summed E-state index contributed by atoms with van der Waals surface area (Å²) >= 11 is 0. The van der Waals surface area contributed by atoms with Gasteiger partial charge in [0.05, 0.1) is 36.6 Å². The number of hydrogen-bond donors (Lipinski definition) is 3. The lowest BCUT2D eigenvalue weighted by Gasteiger charge is -2.10. The molecule has 0 unspecified atom stereocenters. The molecule has 0 bridgehead atoms. The average Bonchev–Trinajstić information content (AvgIpc) is 3.23. The van der Waals surface area contributed by atoms with Gasteiger partial charge < -0.3 is 10.8 Å². The van der Waals surface area contributed by atoms with Crippen molar-refractivity contribution in [1.29, 1.82) is 0 Å². The van der Waals surface area contributed by atoms with Gasteiger partial charge in [0, 0.05) is 11.3 Å². The Morgan fingerprint density at radius 1 is 1.18 bits per heavy atom. The van der Waals surface area contributed by atoms with Gasteiger partial charge in [0.25, 0.3) is 0 Å². The van der Waals surface area contributed by atoms with Crippen LogP contribution in [0, 0.1) is 12.7 Å². The van der Waals surface area contributed by atoms with Crippen molar-refractivity contribution in [2.45, 2.75) is 20.1 Å². The first-order chi connectivity index (χ1) is 18.5. The molecule has 1 aromatic carbocycles. The Balaban J connectivity index is 1.90. The van der Waals surface area contributed by atoms with Gasteiger partial charge in [0.1, 0.15) is 18.1 Å². The molecule has 10 heteroatoms. The Morgan fingerprint density at radius 2 is 1.97 bits per heavy atom. The third-order valence-electron chi connectivity index (χ3n) is 5.12. The lowest BCUT2D eigenvalue weighted by Crippen LogP contribution is -2.44. The molecule has 0 saturated heterocycles. The van der Waals surface area contributed by atoms with Crippen molar-refractivity contribution in [3.05, 3.63) is 94.1 Å². The van der Waals surface area contributed by atoms with E-state index in [2.05, 4.69) is 20.1 Å². The number of nitrogens with two attached hydrogens (primary N) is 1. The maximum absolute atomic E-state index is 13.4. The van der Waals surface area contributed by atoms with Crippen LogP contribution in [0.15, 0.2) is 65.5 Å². The Hall–Kier alpha value is -4.44. The molecule has 34 heavy (non-hydrogen) atoms. The van der Waals surface area contributed by atoms with E-state index in [1.54, 1.807) is 13.0 Å². The summed E-state index contributed by atoms with van der Waals surface area (Å²) in [5.41, 5.74) is 7.13. The van der Waals surface area contributed by atoms with Crippen LogP contribution in [0.5, 0.6) is 0 Å². The highest BCUT2D eigenvalue weighted by atomic mass is 19.1. The van der Waals surface area contributed by atoms with E-state index in [1.807, 2.05) is 0 Å². The molecule has 5 rings (SSSR count). The third-order valence-corrected chi connectivity index (χ3v) is 5.12. The van der Waals surface area contributed by atoms with Crippen LogP contribution in [0.3, 0.4) is 0 Å². The zero-order valence-corrected chi connectivity index (χ0v) is 17.8. The quantitative estimate of drug-likeness (QED) is 0.342. The lowest BCUT2D eigenvalue weighted by molar-refractivity contribution is -0.516. The number of halogens is 1. The summed E-state index contributed by atoms with van der Waals surface area (Å²) in [6, 6.07) is 3.06. The zero-order valence-electron chi connectivity index (χ0n) is 22.8. The first-order valence-corrected chi connectivity index (χ1v) is 10.1. The van der Waals surface area contributed by atoms with Crippen LogP contribution >= 0.6 is 0 Å². The molecule has 4 heterocycles. The van der Waals surface area contributed by atoms with Gasteiger partial charge >= 0.3 is 11.6 Å². The second kappa shape index (κ2) is 8.49. The summed E-state index contributed by atoms with van der Waals surface area (Å²) in [6.07, 6.45) is 1.02. The van der Waals surface area contributed by atoms with Crippen LogP contribution < -0.4 is 15.8 Å². The highest BCUT2D eigenvalue weighted by Gasteiger charge is 2.26. The Bertz CT molecular complexity index is 1810. The molecule has 4 N–H and O–H groups in total. The monoisotopic (exact) mass is 463 g/mol. The number of aromatic amines is 1. The van der Waals surface area contributed by atoms with Crippen molar-refractivity contribution >= 4 is 11.6 Å². The van der Waals surface area contributed by atoms with Crippen molar-refractivity contribution in [2.24, 2.45) is 0 Å². The molecule has 4 aromatic heterocycles. The lowest BCUT2D eigenvalue weighted by atomic mass is 9.99. The number of fused-ring (bicyclic) bond motifs is 1. The minimum absolute atomic E-state index is 0.0766. The van der Waals surface area contributed by atoms with Gasteiger partial charge in [0.2, 0.25) is 5.65 Å². The van der Waals surface area contributed by atoms with E-state index < -0.39 is 48.3 Å². The number of benzene rings is 1. The largest absolute Gasteiger partial charge is 0.428 e. The predicted octanol–water partition coefficient (Wildman–Crippen LogP) is 2.00. The molecule has 0 spiro atoms. The molecule has 0 radical (unpaired) electrons. The van der Waals surface area contributed by atoms with Crippen LogP contribution in [0.2, 0.25) is 0 Å². The second-order valence-electron chi connectivity index (χ2n) is 7.47. The third kappa shape index (κ3) is 3.80. The number of nitrogen functional groups attached to an aromatic ring is 1. The molecule has 0 atom stereocenters. The fraction of sp³-hybridized carbons (Fsp3) is 0.125. The SMILES string of the molecule is [2H]c1c([2H])c([2H])c(-c2nc(N)[n+]3c(=O)n(Cc4ccc(F)cn4)[nH]c3c2-c2cc(C)nc(CO)c2)c([2H])c1[2H]. The molecule has 0 fully saturated rings. The maximum atomic E-state index is 13.4. The van der Waals surface area contributed by atoms with Crippen molar-refractivity contribution in [3.8, 4) is 22.4 Å². The van der Waals surface area contributed by atoms with Crippen LogP contribution in [-0.2, 0) is 13.2 Å². The van der Waals surface area contributed by atoms with Gasteiger partial charge in [-0.2, -0.15) is 4.68 Å². The topological polar surface area (TPSA) is 127 Å². The van der Waals surface area contributed by atoms with Crippen LogP contribution in [0.25, 0.3) is 28.0 Å². The maximum Gasteiger partial charge on any atom is 0.428 e. The molecular formula is C24H21FN7O2+. The van der Waals surface area contributed by atoms with E-state index in [0.29, 0.717) is 22.6 Å². The standard InChI is InChI=1S/C24H20FN7O2/c1-14-9-16(10-19(13-33)28-14)20-21(15-5-3-2-4-6-15)29-23(26)32-22(20)30-31(24(32)34)12-18-8-7-17(25)11-27-18/h2-11,33H,12-13H2,1H3,(H2,26,28,29,30)/p+1/i2D,3D,4D,5D,6D. The van der Waals surface area contributed by atoms with Crippen LogP contribution in [-0.4, -0.2) is 29.8 Å². The number of nitrogens with zero attached hydrogens (tertiary/aromatic N) is 5. The Morgan fingerprint density at radius 3 is 2.68 bits per heavy atom. The highest BCUT2D eigenvalue weighted by Crippen LogP contribution is 2.33. The van der Waals surface area contributed by atoms with Gasteiger partial charge in [-0.1, -0.05) is 30.2 Å². The molecule has 0 aliphatic rings. The summed E-state index contributed by atoms with van der Waals surface area (Å²) in [5.74, 6) is -0.848. The van der Waals surface area contributed by atoms with E-state index in [1.165, 1.54) is 22.9 Å². The summed E-state index contributed by atoms with van der Waals surface area (Å²) in [5, 5.41) is 12.7. The normalized spacial score (nSPS) is 13.3. The summed E-state index contributed by atoms with van der Waals surface area (Å²) in [4.78, 5) is 26.0. The highest BCUT2D eigenvalue weighted by molar-refractivity contribution is 5.88. The minimum atomic E-state index is -0.636. The Kier molecular flexibility index (Phi) is 4.05. The number of rotatable bonds is 5. The number of aliphatic hydroxyl groups is 1. The summed E-state index contributed by atoms with van der Waals surface area (Å²) < 4.78 is 56.9. The van der Waals surface area contributed by atoms with Gasteiger partial charge in [-0.15, -0.1) is 9.38 Å². The molecule has 0 amide bonds. The van der Waals surface area contributed by atoms with Gasteiger partial charge in [0.15, 0.2) is 0 Å². The van der Waals surface area contributed by atoms with E-state index in [-0.39, 0.29) is 35.0 Å². The van der Waals surface area contributed by atoms with E-state index >= 15 is 0 Å². The molecular weight excluding hydrogens is 437 g/mol. The van der Waals surface area contributed by atoms with E-state index in [0.717, 1.165) is 10.6 Å². The number of pyridine rings is 2. The predicted molar refractivity (Wildman–Crippen MR) is 123 cm³/mol. The zero-order chi connectivity index (χ0) is 28.2. The second-order valence-corrected chi connectivity index (χ2v) is 7.47. The Labute approximate surface area is 200 Å². The number of aliphatic hydroxyl groups excluding tert-OH is 1. The van der Waals surface area contributed by atoms with Crippen molar-refractivity contribution < 1.29 is 20.8 Å². The van der Waals surface area contributed by atoms with Gasteiger partial charge in [-0.25, -0.2) is 14.3 Å². The first-order valence-electron chi connectivity index (χ1n) is 12.6. The number of hydrogen-bond acceptors (Lipinski definition) is 6. The van der Waals surface area contributed by atoms with Gasteiger partial charge in [-0.05, 0) is 36.8 Å². The average molecular weight is 464 g/mol.